The van der Waals surface area contributed by atoms with Gasteiger partial charge in [-0.25, -0.2) is 0 Å². The molecule has 0 unspecified atom stereocenters. The number of halogens is 4. The van der Waals surface area contributed by atoms with E-state index in [1.807, 2.05) is 24.3 Å². The first-order valence-electron chi connectivity index (χ1n) is 6.97. The van der Waals surface area contributed by atoms with E-state index in [9.17, 15) is 22.8 Å². The highest BCUT2D eigenvalue weighted by Crippen LogP contribution is 2.20. The number of amides is 2. The monoisotopic (exact) mass is 412 g/mol. The van der Waals surface area contributed by atoms with Gasteiger partial charge in [0.1, 0.15) is 0 Å². The first-order chi connectivity index (χ1) is 11.7. The topological polar surface area (TPSA) is 58.2 Å². The first kappa shape index (κ1) is 18.7. The summed E-state index contributed by atoms with van der Waals surface area (Å²) in [5.41, 5.74) is 0.982. The van der Waals surface area contributed by atoms with E-state index in [2.05, 4.69) is 21.2 Å². The number of benzene rings is 2. The minimum absolute atomic E-state index is 0.0731. The van der Waals surface area contributed by atoms with Gasteiger partial charge in [0.05, 0.1) is 0 Å². The Morgan fingerprint density at radius 1 is 0.960 bits per heavy atom. The Morgan fingerprint density at radius 3 is 2.24 bits per heavy atom. The van der Waals surface area contributed by atoms with Crippen LogP contribution in [0.2, 0.25) is 0 Å². The molecule has 130 valence electrons. The lowest BCUT2D eigenvalue weighted by molar-refractivity contribution is -0.167. The average Bonchev–Trinajstić information content (AvgIpc) is 2.52. The molecule has 25 heavy (non-hydrogen) atoms. The van der Waals surface area contributed by atoms with E-state index in [0.717, 1.165) is 10.0 Å². The van der Waals surface area contributed by atoms with Crippen LogP contribution in [0.15, 0.2) is 59.1 Å². The summed E-state index contributed by atoms with van der Waals surface area (Å²) in [5, 5.41) is 4.23. The van der Waals surface area contributed by atoms with Crippen molar-refractivity contribution in [3.8, 4) is 0 Å². The van der Waals surface area contributed by atoms with Crippen molar-refractivity contribution >= 4 is 45.2 Å². The smallest absolute Gasteiger partial charge is 0.322 e. The molecule has 0 atom stereocenters. The summed E-state index contributed by atoms with van der Waals surface area (Å²) < 4.78 is 37.6. The molecule has 2 rings (SSSR count). The van der Waals surface area contributed by atoms with Crippen molar-refractivity contribution in [1.82, 2.24) is 0 Å². The number of hydrogen-bond donors (Lipinski definition) is 2. The van der Waals surface area contributed by atoms with Crippen molar-refractivity contribution in [2.45, 2.75) is 6.18 Å². The molecule has 0 bridgehead atoms. The minimum Gasteiger partial charge on any atom is -0.322 e. The number of carbonyl (C=O) groups excluding carboxylic acids is 2. The molecule has 0 aromatic heterocycles. The molecule has 8 heteroatoms. The molecule has 0 aliphatic heterocycles. The molecular formula is C17H12BrF3N2O2. The Morgan fingerprint density at radius 2 is 1.60 bits per heavy atom. The van der Waals surface area contributed by atoms with Crippen LogP contribution >= 0.6 is 15.9 Å². The molecule has 0 radical (unpaired) electrons. The standard InChI is InChI=1S/C17H12BrF3N2O2/c18-12-4-1-3-11(9-12)7-8-15(24)22-13-5-2-6-14(10-13)23-16(25)17(19,20)21/h1-10H,(H,22,24)(H,23,25)/b8-7+. The van der Waals surface area contributed by atoms with Gasteiger partial charge >= 0.3 is 12.1 Å². The second kappa shape index (κ2) is 7.98. The summed E-state index contributed by atoms with van der Waals surface area (Å²) in [5.74, 6) is -2.54. The summed E-state index contributed by atoms with van der Waals surface area (Å²) in [6, 6.07) is 12.7. The minimum atomic E-state index is -4.98. The molecule has 2 N–H and O–H groups in total. The van der Waals surface area contributed by atoms with Crippen LogP contribution < -0.4 is 10.6 Å². The highest BCUT2D eigenvalue weighted by molar-refractivity contribution is 9.10. The highest BCUT2D eigenvalue weighted by Gasteiger charge is 2.38. The fourth-order valence-electron chi connectivity index (χ4n) is 1.84. The third-order valence-corrected chi connectivity index (χ3v) is 3.41. The molecule has 0 aliphatic rings. The van der Waals surface area contributed by atoms with Crippen molar-refractivity contribution < 1.29 is 22.8 Å². The normalized spacial score (nSPS) is 11.4. The van der Waals surface area contributed by atoms with E-state index >= 15 is 0 Å². The van der Waals surface area contributed by atoms with Gasteiger partial charge in [-0.05, 0) is 42.0 Å². The molecule has 0 spiro atoms. The Hall–Kier alpha value is -2.61. The van der Waals surface area contributed by atoms with Crippen LogP contribution in [0.1, 0.15) is 5.56 Å². The molecule has 4 nitrogen and oxygen atoms in total. The second-order valence-corrected chi connectivity index (χ2v) is 5.83. The van der Waals surface area contributed by atoms with E-state index in [1.165, 1.54) is 30.3 Å². The molecule has 0 fully saturated rings. The second-order valence-electron chi connectivity index (χ2n) is 4.91. The van der Waals surface area contributed by atoms with Gasteiger partial charge in [0.25, 0.3) is 0 Å². The Labute approximate surface area is 149 Å². The fourth-order valence-corrected chi connectivity index (χ4v) is 2.26. The quantitative estimate of drug-likeness (QED) is 0.720. The van der Waals surface area contributed by atoms with Crippen molar-refractivity contribution in [2.75, 3.05) is 10.6 Å². The molecule has 2 amide bonds. The lowest BCUT2D eigenvalue weighted by Gasteiger charge is -2.09. The zero-order chi connectivity index (χ0) is 18.4. The molecule has 0 aliphatic carbocycles. The van der Waals surface area contributed by atoms with Crippen LogP contribution in [0.4, 0.5) is 24.5 Å². The molecule has 0 saturated carbocycles. The van der Waals surface area contributed by atoms with Crippen LogP contribution in [-0.4, -0.2) is 18.0 Å². The lowest BCUT2D eigenvalue weighted by atomic mass is 10.2. The number of alkyl halides is 3. The number of rotatable bonds is 4. The van der Waals surface area contributed by atoms with E-state index in [1.54, 1.807) is 11.4 Å². The summed E-state index contributed by atoms with van der Waals surface area (Å²) in [6.45, 7) is 0. The van der Waals surface area contributed by atoms with Crippen molar-refractivity contribution in [2.24, 2.45) is 0 Å². The Bertz CT molecular complexity index is 820. The summed E-state index contributed by atoms with van der Waals surface area (Å²) >= 11 is 3.32. The van der Waals surface area contributed by atoms with Gasteiger partial charge in [0.15, 0.2) is 0 Å². The highest BCUT2D eigenvalue weighted by atomic mass is 79.9. The van der Waals surface area contributed by atoms with E-state index in [4.69, 9.17) is 0 Å². The molecule has 0 saturated heterocycles. The largest absolute Gasteiger partial charge is 0.471 e. The third kappa shape index (κ3) is 6.07. The predicted molar refractivity (Wildman–Crippen MR) is 92.9 cm³/mol. The van der Waals surface area contributed by atoms with Crippen molar-refractivity contribution in [1.29, 1.82) is 0 Å². The zero-order valence-corrected chi connectivity index (χ0v) is 14.2. The van der Waals surface area contributed by atoms with Crippen LogP contribution in [0.25, 0.3) is 6.08 Å². The van der Waals surface area contributed by atoms with Gasteiger partial charge in [-0.15, -0.1) is 0 Å². The van der Waals surface area contributed by atoms with Crippen molar-refractivity contribution in [3.63, 3.8) is 0 Å². The van der Waals surface area contributed by atoms with Gasteiger partial charge in [-0.1, -0.05) is 34.1 Å². The average molecular weight is 413 g/mol. The Kier molecular flexibility index (Phi) is 5.97. The SMILES string of the molecule is O=C(/C=C/c1cccc(Br)c1)Nc1cccc(NC(=O)C(F)(F)F)c1. The Balaban J connectivity index is 2.01. The first-order valence-corrected chi connectivity index (χ1v) is 7.76. The van der Waals surface area contributed by atoms with Crippen LogP contribution in [0.3, 0.4) is 0 Å². The molecule has 0 heterocycles. The zero-order valence-electron chi connectivity index (χ0n) is 12.6. The summed E-state index contributed by atoms with van der Waals surface area (Å²) in [7, 11) is 0. The van der Waals surface area contributed by atoms with Gasteiger partial charge in [0.2, 0.25) is 5.91 Å². The fraction of sp³-hybridized carbons (Fsp3) is 0.0588. The van der Waals surface area contributed by atoms with Crippen molar-refractivity contribution in [3.05, 3.63) is 64.6 Å². The van der Waals surface area contributed by atoms with Crippen LogP contribution in [0.5, 0.6) is 0 Å². The number of nitrogens with one attached hydrogen (secondary N) is 2. The van der Waals surface area contributed by atoms with E-state index < -0.39 is 18.0 Å². The summed E-state index contributed by atoms with van der Waals surface area (Å²) in [4.78, 5) is 22.8. The van der Waals surface area contributed by atoms with Gasteiger partial charge < -0.3 is 10.6 Å². The van der Waals surface area contributed by atoms with E-state index in [0.29, 0.717) is 0 Å². The van der Waals surface area contributed by atoms with Gasteiger partial charge in [0, 0.05) is 21.9 Å². The summed E-state index contributed by atoms with van der Waals surface area (Å²) in [6.07, 6.45) is -2.09. The maximum atomic E-state index is 12.2. The number of carbonyl (C=O) groups is 2. The van der Waals surface area contributed by atoms with Crippen LogP contribution in [-0.2, 0) is 9.59 Å². The molecular weight excluding hydrogens is 401 g/mol. The van der Waals surface area contributed by atoms with Crippen LogP contribution in [0, 0.1) is 0 Å². The lowest BCUT2D eigenvalue weighted by Crippen LogP contribution is -2.29. The van der Waals surface area contributed by atoms with Gasteiger partial charge in [-0.3, -0.25) is 9.59 Å². The maximum absolute atomic E-state index is 12.2. The third-order valence-electron chi connectivity index (χ3n) is 2.92. The van der Waals surface area contributed by atoms with E-state index in [-0.39, 0.29) is 11.4 Å². The molecule has 2 aromatic rings. The number of anilines is 2. The predicted octanol–water partition coefficient (Wildman–Crippen LogP) is 4.60. The van der Waals surface area contributed by atoms with Gasteiger partial charge in [-0.2, -0.15) is 13.2 Å². The number of hydrogen-bond acceptors (Lipinski definition) is 2. The molecule has 2 aromatic carbocycles. The maximum Gasteiger partial charge on any atom is 0.471 e.